The maximum Gasteiger partial charge on any atom is 0.307 e. The molecule has 9 nitrogen and oxygen atoms in total. The topological polar surface area (TPSA) is 115 Å². The summed E-state index contributed by atoms with van der Waals surface area (Å²) in [4.78, 5) is 25.5. The van der Waals surface area contributed by atoms with E-state index in [1.54, 1.807) is 31.5 Å². The molecule has 0 radical (unpaired) electrons. The number of carbonyl (C=O) groups excluding carboxylic acids is 1. The van der Waals surface area contributed by atoms with Gasteiger partial charge in [0.1, 0.15) is 18.9 Å². The molecule has 2 heterocycles. The van der Waals surface area contributed by atoms with Gasteiger partial charge in [-0.15, -0.1) is 0 Å². The number of hydrogen-bond acceptors (Lipinski definition) is 6. The normalized spacial score (nSPS) is 11.2. The fourth-order valence-corrected chi connectivity index (χ4v) is 1.52. The van der Waals surface area contributed by atoms with E-state index in [2.05, 4.69) is 20.6 Å². The summed E-state index contributed by atoms with van der Waals surface area (Å²) >= 11 is 0. The summed E-state index contributed by atoms with van der Waals surface area (Å²) in [6.07, 6.45) is 5.51. The number of nitrogens with one attached hydrogen (secondary N) is 1. The van der Waals surface area contributed by atoms with Gasteiger partial charge in [-0.25, -0.2) is 5.43 Å². The van der Waals surface area contributed by atoms with Crippen molar-refractivity contribution in [3.63, 3.8) is 0 Å². The molecule has 0 aliphatic carbocycles. The zero-order valence-electron chi connectivity index (χ0n) is 11.1. The number of hydrazone groups is 1. The van der Waals surface area contributed by atoms with Crippen LogP contribution in [0.2, 0.25) is 0 Å². The third-order valence-corrected chi connectivity index (χ3v) is 2.58. The Balaban J connectivity index is 1.94. The summed E-state index contributed by atoms with van der Waals surface area (Å²) in [5.41, 5.74) is 3.65. The van der Waals surface area contributed by atoms with E-state index in [9.17, 15) is 14.9 Å². The molecule has 0 aliphatic rings. The summed E-state index contributed by atoms with van der Waals surface area (Å²) in [6.45, 7) is 1.59. The number of hydrogen-bond donors (Lipinski definition) is 1. The molecule has 1 N–H and O–H groups in total. The van der Waals surface area contributed by atoms with Gasteiger partial charge in [-0.05, 0) is 19.1 Å². The van der Waals surface area contributed by atoms with E-state index < -0.39 is 10.8 Å². The minimum atomic E-state index is -0.576. The largest absolute Gasteiger partial charge is 0.307 e. The smallest absolute Gasteiger partial charge is 0.271 e. The maximum atomic E-state index is 11.7. The second-order valence-corrected chi connectivity index (χ2v) is 4.12. The van der Waals surface area contributed by atoms with Crippen molar-refractivity contribution in [3.8, 4) is 0 Å². The summed E-state index contributed by atoms with van der Waals surface area (Å²) in [5.74, 6) is -0.429. The Morgan fingerprint density at radius 2 is 2.19 bits per heavy atom. The standard InChI is InChI=1S/C12H12N6O3/c1-9(10-2-4-13-5-3-10)15-16-12(19)8-17-7-11(6-14-17)18(20)21/h2-7H,8H2,1H3,(H,16,19). The van der Waals surface area contributed by atoms with Gasteiger partial charge in [0.2, 0.25) is 0 Å². The Morgan fingerprint density at radius 3 is 2.81 bits per heavy atom. The van der Waals surface area contributed by atoms with E-state index in [0.717, 1.165) is 11.8 Å². The summed E-state index contributed by atoms with van der Waals surface area (Å²) in [7, 11) is 0. The number of amides is 1. The third kappa shape index (κ3) is 3.93. The van der Waals surface area contributed by atoms with Crippen molar-refractivity contribution in [1.82, 2.24) is 20.2 Å². The van der Waals surface area contributed by atoms with E-state index in [1.807, 2.05) is 0 Å². The summed E-state index contributed by atoms with van der Waals surface area (Å²) < 4.78 is 1.17. The lowest BCUT2D eigenvalue weighted by molar-refractivity contribution is -0.385. The van der Waals surface area contributed by atoms with Crippen LogP contribution >= 0.6 is 0 Å². The minimum absolute atomic E-state index is 0.152. The molecule has 2 aromatic heterocycles. The van der Waals surface area contributed by atoms with Crippen LogP contribution in [0.15, 0.2) is 42.0 Å². The van der Waals surface area contributed by atoms with E-state index >= 15 is 0 Å². The molecule has 9 heteroatoms. The van der Waals surface area contributed by atoms with Crippen LogP contribution in [0.25, 0.3) is 0 Å². The molecule has 0 spiro atoms. The van der Waals surface area contributed by atoms with Gasteiger partial charge in [-0.1, -0.05) is 0 Å². The quantitative estimate of drug-likeness (QED) is 0.494. The van der Waals surface area contributed by atoms with Gasteiger partial charge in [-0.3, -0.25) is 24.6 Å². The zero-order chi connectivity index (χ0) is 15.2. The van der Waals surface area contributed by atoms with Crippen molar-refractivity contribution in [3.05, 3.63) is 52.6 Å². The zero-order valence-corrected chi connectivity index (χ0v) is 11.1. The van der Waals surface area contributed by atoms with Crippen LogP contribution in [0.4, 0.5) is 5.69 Å². The van der Waals surface area contributed by atoms with Gasteiger partial charge in [0.15, 0.2) is 0 Å². The van der Waals surface area contributed by atoms with Crippen LogP contribution < -0.4 is 5.43 Å². The average molecular weight is 288 g/mol. The molecule has 0 saturated carbocycles. The number of rotatable bonds is 5. The van der Waals surface area contributed by atoms with Crippen molar-refractivity contribution < 1.29 is 9.72 Å². The molecule has 2 rings (SSSR count). The Bertz CT molecular complexity index is 679. The molecule has 0 bridgehead atoms. The minimum Gasteiger partial charge on any atom is -0.271 e. The van der Waals surface area contributed by atoms with Crippen LogP contribution in [-0.4, -0.2) is 31.3 Å². The monoisotopic (exact) mass is 288 g/mol. The van der Waals surface area contributed by atoms with Crippen molar-refractivity contribution in [2.75, 3.05) is 0 Å². The van der Waals surface area contributed by atoms with Gasteiger partial charge < -0.3 is 0 Å². The SMILES string of the molecule is CC(=NNC(=O)Cn1cc([N+](=O)[O-])cn1)c1ccncc1. The second kappa shape index (κ2) is 6.37. The Kier molecular flexibility index (Phi) is 4.34. The summed E-state index contributed by atoms with van der Waals surface area (Å²) in [6, 6.07) is 3.53. The Labute approximate surface area is 119 Å². The Hall–Kier alpha value is -3.10. The first kappa shape index (κ1) is 14.3. The predicted molar refractivity (Wildman–Crippen MR) is 73.5 cm³/mol. The van der Waals surface area contributed by atoms with E-state index in [-0.39, 0.29) is 12.2 Å². The highest BCUT2D eigenvalue weighted by atomic mass is 16.6. The number of nitrogens with zero attached hydrogens (tertiary/aromatic N) is 5. The van der Waals surface area contributed by atoms with Crippen LogP contribution in [0.1, 0.15) is 12.5 Å². The van der Waals surface area contributed by atoms with Crippen LogP contribution in [0.5, 0.6) is 0 Å². The molecule has 21 heavy (non-hydrogen) atoms. The van der Waals surface area contributed by atoms with Gasteiger partial charge in [0, 0.05) is 18.0 Å². The third-order valence-electron chi connectivity index (χ3n) is 2.58. The van der Waals surface area contributed by atoms with Crippen LogP contribution in [0.3, 0.4) is 0 Å². The lowest BCUT2D eigenvalue weighted by Crippen LogP contribution is -2.24. The first-order valence-electron chi connectivity index (χ1n) is 5.96. The first-order valence-corrected chi connectivity index (χ1v) is 5.96. The van der Waals surface area contributed by atoms with Crippen molar-refractivity contribution in [2.24, 2.45) is 5.10 Å². The highest BCUT2D eigenvalue weighted by Crippen LogP contribution is 2.07. The number of aromatic nitrogens is 3. The molecule has 2 aromatic rings. The molecule has 0 fully saturated rings. The van der Waals surface area contributed by atoms with Crippen molar-refractivity contribution in [2.45, 2.75) is 13.5 Å². The van der Waals surface area contributed by atoms with Crippen LogP contribution in [-0.2, 0) is 11.3 Å². The number of pyridine rings is 1. The van der Waals surface area contributed by atoms with Crippen molar-refractivity contribution in [1.29, 1.82) is 0 Å². The lowest BCUT2D eigenvalue weighted by atomic mass is 10.2. The van der Waals surface area contributed by atoms with E-state index in [1.165, 1.54) is 10.9 Å². The molecule has 108 valence electrons. The number of carbonyl (C=O) groups is 1. The molecule has 0 atom stereocenters. The van der Waals surface area contributed by atoms with Crippen molar-refractivity contribution >= 4 is 17.3 Å². The second-order valence-electron chi connectivity index (χ2n) is 4.12. The van der Waals surface area contributed by atoms with Crippen LogP contribution in [0, 0.1) is 10.1 Å². The maximum absolute atomic E-state index is 11.7. The number of nitro groups is 1. The fourth-order valence-electron chi connectivity index (χ4n) is 1.52. The van der Waals surface area contributed by atoms with Gasteiger partial charge in [0.25, 0.3) is 5.91 Å². The van der Waals surface area contributed by atoms with Gasteiger partial charge in [0.05, 0.1) is 10.6 Å². The fraction of sp³-hybridized carbons (Fsp3) is 0.167. The Morgan fingerprint density at radius 1 is 1.48 bits per heavy atom. The van der Waals surface area contributed by atoms with Gasteiger partial charge in [-0.2, -0.15) is 10.2 Å². The highest BCUT2D eigenvalue weighted by molar-refractivity contribution is 5.99. The lowest BCUT2D eigenvalue weighted by Gasteiger charge is -2.02. The molecule has 0 unspecified atom stereocenters. The van der Waals surface area contributed by atoms with E-state index in [0.29, 0.717) is 5.71 Å². The molecular formula is C12H12N6O3. The van der Waals surface area contributed by atoms with Gasteiger partial charge >= 0.3 is 5.69 Å². The van der Waals surface area contributed by atoms with E-state index in [4.69, 9.17) is 0 Å². The predicted octanol–water partition coefficient (Wildman–Crippen LogP) is 0.727. The average Bonchev–Trinajstić information content (AvgIpc) is 2.94. The molecule has 0 aromatic carbocycles. The molecule has 0 aliphatic heterocycles. The summed E-state index contributed by atoms with van der Waals surface area (Å²) in [5, 5.41) is 18.2. The first-order chi connectivity index (χ1) is 10.1. The molecule has 0 saturated heterocycles. The molecular weight excluding hydrogens is 276 g/mol. The molecule has 1 amide bonds. The highest BCUT2D eigenvalue weighted by Gasteiger charge is 2.10.